The first-order valence-corrected chi connectivity index (χ1v) is 8.39. The number of aryl methyl sites for hydroxylation is 1. The van der Waals surface area contributed by atoms with Crippen molar-refractivity contribution in [2.24, 2.45) is 0 Å². The van der Waals surface area contributed by atoms with Crippen molar-refractivity contribution in [2.75, 3.05) is 19.4 Å². The van der Waals surface area contributed by atoms with E-state index in [1.807, 2.05) is 36.5 Å². The molecule has 124 valence electrons. The molecule has 1 aromatic carbocycles. The van der Waals surface area contributed by atoms with Crippen LogP contribution in [0.1, 0.15) is 17.3 Å². The average molecular weight is 342 g/mol. The van der Waals surface area contributed by atoms with Crippen LogP contribution in [0.25, 0.3) is 10.9 Å². The van der Waals surface area contributed by atoms with Crippen LogP contribution in [-0.2, 0) is 4.79 Å². The summed E-state index contributed by atoms with van der Waals surface area (Å²) in [5.74, 6) is -0.147. The van der Waals surface area contributed by atoms with Gasteiger partial charge < -0.3 is 10.3 Å². The van der Waals surface area contributed by atoms with E-state index < -0.39 is 6.04 Å². The fourth-order valence-electron chi connectivity index (χ4n) is 2.59. The molecule has 2 heterocycles. The molecule has 3 rings (SSSR count). The summed E-state index contributed by atoms with van der Waals surface area (Å²) < 4.78 is 0. The smallest absolute Gasteiger partial charge is 0.251 e. The van der Waals surface area contributed by atoms with Gasteiger partial charge in [-0.2, -0.15) is 0 Å². The standard InChI is InChI=1S/C17H18N4O2S/c1-10-6-11-7-12(4-5-13(11)20-16(10)22)19-17(23)15(21(2)3)14-8-24-9-18-14/h4-9,15H,1-3H3,(H,19,23)(H,20,22). The number of hydrogen-bond donors (Lipinski definition) is 2. The minimum Gasteiger partial charge on any atom is -0.324 e. The van der Waals surface area contributed by atoms with E-state index >= 15 is 0 Å². The van der Waals surface area contributed by atoms with Gasteiger partial charge in [-0.15, -0.1) is 11.3 Å². The first-order chi connectivity index (χ1) is 11.5. The molecule has 24 heavy (non-hydrogen) atoms. The van der Waals surface area contributed by atoms with E-state index in [4.69, 9.17) is 0 Å². The van der Waals surface area contributed by atoms with Gasteiger partial charge >= 0.3 is 0 Å². The molecular formula is C17H18N4O2S. The number of thiazole rings is 1. The molecule has 0 radical (unpaired) electrons. The number of pyridine rings is 1. The molecule has 0 aliphatic carbocycles. The Kier molecular flexibility index (Phi) is 4.46. The van der Waals surface area contributed by atoms with Crippen molar-refractivity contribution in [1.29, 1.82) is 0 Å². The minimum absolute atomic E-state index is 0.101. The second-order valence-corrected chi connectivity index (χ2v) is 6.57. The lowest BCUT2D eigenvalue weighted by atomic mass is 10.1. The highest BCUT2D eigenvalue weighted by Crippen LogP contribution is 2.22. The van der Waals surface area contributed by atoms with Crippen LogP contribution in [-0.4, -0.2) is 34.9 Å². The number of benzene rings is 1. The number of likely N-dealkylation sites (N-methyl/N-ethyl adjacent to an activating group) is 1. The molecule has 0 spiro atoms. The van der Waals surface area contributed by atoms with Crippen LogP contribution in [0, 0.1) is 6.92 Å². The first-order valence-electron chi connectivity index (χ1n) is 7.45. The third-order valence-electron chi connectivity index (χ3n) is 3.79. The summed E-state index contributed by atoms with van der Waals surface area (Å²) in [5, 5.41) is 5.68. The molecule has 1 amide bonds. The second kappa shape index (κ2) is 6.54. The molecule has 2 N–H and O–H groups in total. The summed E-state index contributed by atoms with van der Waals surface area (Å²) in [6.07, 6.45) is 0. The Hall–Kier alpha value is -2.51. The number of H-pyrrole nitrogens is 1. The Bertz CT molecular complexity index is 931. The van der Waals surface area contributed by atoms with Crippen LogP contribution in [0.4, 0.5) is 5.69 Å². The van der Waals surface area contributed by atoms with Gasteiger partial charge in [0.1, 0.15) is 6.04 Å². The summed E-state index contributed by atoms with van der Waals surface area (Å²) in [4.78, 5) is 33.2. The highest BCUT2D eigenvalue weighted by molar-refractivity contribution is 7.07. The van der Waals surface area contributed by atoms with Gasteiger partial charge in [0.25, 0.3) is 5.56 Å². The molecule has 0 saturated heterocycles. The number of nitrogens with zero attached hydrogens (tertiary/aromatic N) is 2. The Balaban J connectivity index is 1.89. The zero-order chi connectivity index (χ0) is 17.3. The second-order valence-electron chi connectivity index (χ2n) is 5.85. The number of aromatic nitrogens is 2. The Labute approximate surface area is 143 Å². The molecule has 7 heteroatoms. The summed E-state index contributed by atoms with van der Waals surface area (Å²) in [6.45, 7) is 1.76. The number of amides is 1. The molecule has 0 fully saturated rings. The number of carbonyl (C=O) groups is 1. The number of aromatic amines is 1. The van der Waals surface area contributed by atoms with Crippen LogP contribution in [0.15, 0.2) is 40.0 Å². The molecule has 0 aliphatic heterocycles. The highest BCUT2D eigenvalue weighted by Gasteiger charge is 2.24. The number of carbonyl (C=O) groups excluding carboxylic acids is 1. The Morgan fingerprint density at radius 3 is 2.79 bits per heavy atom. The Morgan fingerprint density at radius 1 is 1.33 bits per heavy atom. The monoisotopic (exact) mass is 342 g/mol. The van der Waals surface area contributed by atoms with Gasteiger partial charge in [-0.25, -0.2) is 4.98 Å². The van der Waals surface area contributed by atoms with Crippen molar-refractivity contribution in [3.8, 4) is 0 Å². The van der Waals surface area contributed by atoms with E-state index in [1.165, 1.54) is 11.3 Å². The quantitative estimate of drug-likeness (QED) is 0.764. The molecule has 0 bridgehead atoms. The van der Waals surface area contributed by atoms with Gasteiger partial charge in [0.15, 0.2) is 0 Å². The van der Waals surface area contributed by atoms with Gasteiger partial charge in [0.05, 0.1) is 11.2 Å². The number of anilines is 1. The fraction of sp³-hybridized carbons (Fsp3) is 0.235. The van der Waals surface area contributed by atoms with E-state index in [1.54, 1.807) is 24.6 Å². The molecule has 0 aliphatic rings. The summed E-state index contributed by atoms with van der Waals surface area (Å²) in [7, 11) is 3.69. The van der Waals surface area contributed by atoms with Crippen molar-refractivity contribution in [3.63, 3.8) is 0 Å². The third-order valence-corrected chi connectivity index (χ3v) is 4.40. The molecular weight excluding hydrogens is 324 g/mol. The van der Waals surface area contributed by atoms with Crippen molar-refractivity contribution >= 4 is 33.8 Å². The summed E-state index contributed by atoms with van der Waals surface area (Å²) in [5.41, 5.74) is 4.40. The van der Waals surface area contributed by atoms with Gasteiger partial charge in [0, 0.05) is 27.5 Å². The largest absolute Gasteiger partial charge is 0.324 e. The van der Waals surface area contributed by atoms with Gasteiger partial charge in [-0.05, 0) is 45.3 Å². The fourth-order valence-corrected chi connectivity index (χ4v) is 3.17. The van der Waals surface area contributed by atoms with Crippen LogP contribution >= 0.6 is 11.3 Å². The number of rotatable bonds is 4. The molecule has 3 aromatic rings. The molecule has 1 unspecified atom stereocenters. The lowest BCUT2D eigenvalue weighted by molar-refractivity contribution is -0.120. The highest BCUT2D eigenvalue weighted by atomic mass is 32.1. The van der Waals surface area contributed by atoms with Gasteiger partial charge in [-0.1, -0.05) is 0 Å². The summed E-state index contributed by atoms with van der Waals surface area (Å²) in [6, 6.07) is 6.78. The Morgan fingerprint density at radius 2 is 2.12 bits per heavy atom. The number of nitrogens with one attached hydrogen (secondary N) is 2. The predicted molar refractivity (Wildman–Crippen MR) is 96.5 cm³/mol. The van der Waals surface area contributed by atoms with Crippen LogP contribution in [0.3, 0.4) is 0 Å². The van der Waals surface area contributed by atoms with Crippen molar-refractivity contribution in [2.45, 2.75) is 13.0 Å². The lowest BCUT2D eigenvalue weighted by Gasteiger charge is -2.21. The molecule has 2 aromatic heterocycles. The number of hydrogen-bond acceptors (Lipinski definition) is 5. The van der Waals surface area contributed by atoms with Crippen LogP contribution in [0.5, 0.6) is 0 Å². The summed E-state index contributed by atoms with van der Waals surface area (Å²) >= 11 is 1.46. The predicted octanol–water partition coefficient (Wildman–Crippen LogP) is 2.53. The molecule has 0 saturated carbocycles. The van der Waals surface area contributed by atoms with Crippen LogP contribution < -0.4 is 10.9 Å². The maximum atomic E-state index is 12.7. The average Bonchev–Trinajstić information content (AvgIpc) is 3.02. The molecule has 6 nitrogen and oxygen atoms in total. The van der Waals surface area contributed by atoms with E-state index in [0.29, 0.717) is 11.3 Å². The van der Waals surface area contributed by atoms with Gasteiger partial charge in [0.2, 0.25) is 5.91 Å². The first kappa shape index (κ1) is 16.4. The minimum atomic E-state index is -0.454. The SMILES string of the molecule is Cc1cc2cc(NC(=O)C(c3cscn3)N(C)C)ccc2[nH]c1=O. The van der Waals surface area contributed by atoms with E-state index in [-0.39, 0.29) is 11.5 Å². The van der Waals surface area contributed by atoms with Crippen molar-refractivity contribution in [1.82, 2.24) is 14.9 Å². The van der Waals surface area contributed by atoms with Crippen LogP contribution in [0.2, 0.25) is 0 Å². The van der Waals surface area contributed by atoms with E-state index in [9.17, 15) is 9.59 Å². The zero-order valence-electron chi connectivity index (χ0n) is 13.7. The third kappa shape index (κ3) is 3.22. The maximum Gasteiger partial charge on any atom is 0.251 e. The normalized spacial score (nSPS) is 12.5. The number of fused-ring (bicyclic) bond motifs is 1. The maximum absolute atomic E-state index is 12.7. The topological polar surface area (TPSA) is 78.1 Å². The van der Waals surface area contributed by atoms with E-state index in [0.717, 1.165) is 16.6 Å². The zero-order valence-corrected chi connectivity index (χ0v) is 14.5. The van der Waals surface area contributed by atoms with E-state index in [2.05, 4.69) is 15.3 Å². The lowest BCUT2D eigenvalue weighted by Crippen LogP contribution is -2.32. The van der Waals surface area contributed by atoms with Crippen molar-refractivity contribution < 1.29 is 4.79 Å². The molecule has 1 atom stereocenters. The van der Waals surface area contributed by atoms with Gasteiger partial charge in [-0.3, -0.25) is 14.5 Å². The van der Waals surface area contributed by atoms with Crippen molar-refractivity contribution in [3.05, 3.63) is 56.8 Å².